The highest BCUT2D eigenvalue weighted by Crippen LogP contribution is 2.18. The first kappa shape index (κ1) is 9.79. The van der Waals surface area contributed by atoms with E-state index in [9.17, 15) is 0 Å². The highest BCUT2D eigenvalue weighted by molar-refractivity contribution is 5.07. The average molecular weight is 167 g/mol. The van der Waals surface area contributed by atoms with Crippen molar-refractivity contribution in [2.75, 3.05) is 13.6 Å². The van der Waals surface area contributed by atoms with Crippen LogP contribution in [0.2, 0.25) is 0 Å². The maximum absolute atomic E-state index is 2.43. The van der Waals surface area contributed by atoms with E-state index in [1.807, 2.05) is 0 Å². The fourth-order valence-corrected chi connectivity index (χ4v) is 1.55. The van der Waals surface area contributed by atoms with Crippen LogP contribution in [0, 0.1) is 0 Å². The van der Waals surface area contributed by atoms with E-state index >= 15 is 0 Å². The predicted molar refractivity (Wildman–Crippen MR) is 54.3 cm³/mol. The van der Waals surface area contributed by atoms with Gasteiger partial charge in [-0.1, -0.05) is 11.6 Å². The van der Waals surface area contributed by atoms with Gasteiger partial charge in [0.1, 0.15) is 0 Å². The number of likely N-dealkylation sites (N-methyl/N-ethyl adjacent to an activating group) is 1. The molecular formula is C11H21N. The van der Waals surface area contributed by atoms with E-state index in [4.69, 9.17) is 0 Å². The summed E-state index contributed by atoms with van der Waals surface area (Å²) in [6.45, 7) is 5.68. The Kier molecular flexibility index (Phi) is 3.80. The van der Waals surface area contributed by atoms with Crippen LogP contribution in [0.5, 0.6) is 0 Å². The molecule has 0 N–H and O–H groups in total. The van der Waals surface area contributed by atoms with E-state index < -0.39 is 0 Å². The monoisotopic (exact) mass is 167 g/mol. The Morgan fingerprint density at radius 1 is 1.42 bits per heavy atom. The van der Waals surface area contributed by atoms with Crippen molar-refractivity contribution in [3.8, 4) is 0 Å². The zero-order chi connectivity index (χ0) is 8.97. The summed E-state index contributed by atoms with van der Waals surface area (Å²) in [7, 11) is 2.21. The highest BCUT2D eigenvalue weighted by Gasteiger charge is 2.08. The normalized spacial score (nSPS) is 18.6. The second-order valence-electron chi connectivity index (χ2n) is 4.12. The molecule has 70 valence electrons. The first-order valence-electron chi connectivity index (χ1n) is 5.08. The molecule has 1 aliphatic rings. The van der Waals surface area contributed by atoms with Gasteiger partial charge >= 0.3 is 0 Å². The molecule has 0 aromatic rings. The van der Waals surface area contributed by atoms with Crippen LogP contribution in [0.25, 0.3) is 0 Å². The topological polar surface area (TPSA) is 3.24 Å². The van der Waals surface area contributed by atoms with Gasteiger partial charge in [-0.25, -0.2) is 0 Å². The molecule has 0 aliphatic heterocycles. The van der Waals surface area contributed by atoms with Gasteiger partial charge in [-0.05, 0) is 46.6 Å². The second-order valence-corrected chi connectivity index (χ2v) is 4.12. The number of rotatable bonds is 3. The quantitative estimate of drug-likeness (QED) is 0.584. The first-order chi connectivity index (χ1) is 5.70. The van der Waals surface area contributed by atoms with Crippen LogP contribution >= 0.6 is 0 Å². The van der Waals surface area contributed by atoms with Crippen molar-refractivity contribution in [1.82, 2.24) is 4.90 Å². The zero-order valence-electron chi connectivity index (χ0n) is 8.64. The van der Waals surface area contributed by atoms with Crippen LogP contribution in [0.4, 0.5) is 0 Å². The van der Waals surface area contributed by atoms with Crippen LogP contribution < -0.4 is 0 Å². The van der Waals surface area contributed by atoms with Crippen molar-refractivity contribution >= 4 is 0 Å². The Balaban J connectivity index is 2.34. The molecule has 12 heavy (non-hydrogen) atoms. The highest BCUT2D eigenvalue weighted by atomic mass is 15.1. The minimum Gasteiger partial charge on any atom is -0.300 e. The molecule has 0 fully saturated rings. The summed E-state index contributed by atoms with van der Waals surface area (Å²) in [6.07, 6.45) is 7.87. The summed E-state index contributed by atoms with van der Waals surface area (Å²) in [4.78, 5) is 2.41. The summed E-state index contributed by atoms with van der Waals surface area (Å²) in [5, 5.41) is 0. The van der Waals surface area contributed by atoms with Crippen molar-refractivity contribution < 1.29 is 0 Å². The molecule has 1 aliphatic carbocycles. The minimum atomic E-state index is 0.674. The summed E-state index contributed by atoms with van der Waals surface area (Å²) < 4.78 is 0. The molecule has 1 heteroatoms. The number of allylic oxidation sites excluding steroid dienone is 1. The van der Waals surface area contributed by atoms with Crippen LogP contribution in [0.3, 0.4) is 0 Å². The molecule has 0 heterocycles. The van der Waals surface area contributed by atoms with Crippen LogP contribution in [-0.2, 0) is 0 Å². The Morgan fingerprint density at radius 3 is 2.67 bits per heavy atom. The lowest BCUT2D eigenvalue weighted by Gasteiger charge is -2.24. The zero-order valence-corrected chi connectivity index (χ0v) is 8.64. The number of hydrogen-bond donors (Lipinski definition) is 0. The maximum Gasteiger partial charge on any atom is 0.0192 e. The van der Waals surface area contributed by atoms with Gasteiger partial charge in [-0.3, -0.25) is 0 Å². The summed E-state index contributed by atoms with van der Waals surface area (Å²) in [6, 6.07) is 0.674. The summed E-state index contributed by atoms with van der Waals surface area (Å²) >= 11 is 0. The van der Waals surface area contributed by atoms with Crippen molar-refractivity contribution in [2.24, 2.45) is 0 Å². The van der Waals surface area contributed by atoms with Crippen molar-refractivity contribution in [3.05, 3.63) is 11.6 Å². The molecule has 0 unspecified atom stereocenters. The molecule has 0 atom stereocenters. The molecular weight excluding hydrogens is 146 g/mol. The van der Waals surface area contributed by atoms with Gasteiger partial charge in [-0.2, -0.15) is 0 Å². The minimum absolute atomic E-state index is 0.674. The first-order valence-corrected chi connectivity index (χ1v) is 5.08. The Morgan fingerprint density at radius 2 is 2.17 bits per heavy atom. The maximum atomic E-state index is 2.43. The smallest absolute Gasteiger partial charge is 0.0192 e. The Hall–Kier alpha value is -0.300. The largest absolute Gasteiger partial charge is 0.300 e. The Bertz CT molecular complexity index is 158. The van der Waals surface area contributed by atoms with Gasteiger partial charge in [0.15, 0.2) is 0 Å². The van der Waals surface area contributed by atoms with Crippen LogP contribution in [-0.4, -0.2) is 24.5 Å². The summed E-state index contributed by atoms with van der Waals surface area (Å²) in [5.74, 6) is 0. The molecule has 0 aromatic heterocycles. The van der Waals surface area contributed by atoms with Crippen molar-refractivity contribution in [2.45, 2.75) is 45.6 Å². The lowest BCUT2D eigenvalue weighted by molar-refractivity contribution is 0.292. The van der Waals surface area contributed by atoms with Crippen LogP contribution in [0.15, 0.2) is 11.6 Å². The van der Waals surface area contributed by atoms with E-state index in [-0.39, 0.29) is 0 Å². The van der Waals surface area contributed by atoms with Crippen molar-refractivity contribution in [3.63, 3.8) is 0 Å². The van der Waals surface area contributed by atoms with E-state index in [0.29, 0.717) is 6.04 Å². The Labute approximate surface area is 76.5 Å². The van der Waals surface area contributed by atoms with Crippen molar-refractivity contribution in [1.29, 1.82) is 0 Å². The van der Waals surface area contributed by atoms with Crippen LogP contribution in [0.1, 0.15) is 39.5 Å². The third kappa shape index (κ3) is 2.98. The molecule has 0 spiro atoms. The standard InChI is InChI=1S/C11H21N/c1-10(2)12(3)9-11-7-5-4-6-8-11/h7,10H,4-6,8-9H2,1-3H3. The SMILES string of the molecule is CC(C)N(C)CC1=CCCCC1. The van der Waals surface area contributed by atoms with Gasteiger partial charge in [0.05, 0.1) is 0 Å². The molecule has 0 radical (unpaired) electrons. The van der Waals surface area contributed by atoms with E-state index in [0.717, 1.165) is 0 Å². The van der Waals surface area contributed by atoms with E-state index in [2.05, 4.69) is 31.9 Å². The lowest BCUT2D eigenvalue weighted by atomic mass is 9.99. The predicted octanol–water partition coefficient (Wildman–Crippen LogP) is 2.83. The van der Waals surface area contributed by atoms with E-state index in [1.165, 1.54) is 32.2 Å². The van der Waals surface area contributed by atoms with Gasteiger partial charge in [-0.15, -0.1) is 0 Å². The number of nitrogens with zero attached hydrogens (tertiary/aromatic N) is 1. The van der Waals surface area contributed by atoms with Gasteiger partial charge in [0, 0.05) is 12.6 Å². The average Bonchev–Trinajstić information content (AvgIpc) is 2.06. The lowest BCUT2D eigenvalue weighted by Crippen LogP contribution is -2.28. The van der Waals surface area contributed by atoms with Gasteiger partial charge in [0.25, 0.3) is 0 Å². The molecule has 0 saturated carbocycles. The fraction of sp³-hybridized carbons (Fsp3) is 0.818. The molecule has 1 nitrogen and oxygen atoms in total. The molecule has 1 rings (SSSR count). The third-order valence-electron chi connectivity index (χ3n) is 2.72. The van der Waals surface area contributed by atoms with Gasteiger partial charge < -0.3 is 4.90 Å². The second kappa shape index (κ2) is 4.66. The molecule has 0 aromatic carbocycles. The van der Waals surface area contributed by atoms with E-state index in [1.54, 1.807) is 5.57 Å². The molecule has 0 saturated heterocycles. The number of hydrogen-bond acceptors (Lipinski definition) is 1. The fourth-order valence-electron chi connectivity index (χ4n) is 1.55. The summed E-state index contributed by atoms with van der Waals surface area (Å²) in [5.41, 5.74) is 1.65. The third-order valence-corrected chi connectivity index (χ3v) is 2.72. The van der Waals surface area contributed by atoms with Gasteiger partial charge in [0.2, 0.25) is 0 Å². The molecule has 0 amide bonds. The molecule has 0 bridgehead atoms.